The number of hydrogen-bond donors (Lipinski definition) is 2. The van der Waals surface area contributed by atoms with E-state index in [1.54, 1.807) is 36.3 Å². The fourth-order valence-corrected chi connectivity index (χ4v) is 3.25. The summed E-state index contributed by atoms with van der Waals surface area (Å²) in [6.45, 7) is 0.654. The van der Waals surface area contributed by atoms with Crippen molar-refractivity contribution in [1.82, 2.24) is 14.8 Å². The van der Waals surface area contributed by atoms with E-state index in [4.69, 9.17) is 0 Å². The van der Waals surface area contributed by atoms with Crippen molar-refractivity contribution < 1.29 is 14.0 Å². The lowest BCUT2D eigenvalue weighted by atomic mass is 10.2. The van der Waals surface area contributed by atoms with E-state index in [-0.39, 0.29) is 29.7 Å². The standard InChI is InChI=1S/C19H21FN4O3/c1-21-19(27)16-5-4-9-23(16)12-17(25)22-15-8-7-13(11-14(15)20)24-10-3-2-6-18(24)26/h2-3,6-8,10-11,16H,4-5,9,12H2,1H3,(H,21,27)(H,22,25). The van der Waals surface area contributed by atoms with E-state index in [9.17, 15) is 18.8 Å². The Morgan fingerprint density at radius 2 is 2.07 bits per heavy atom. The van der Waals surface area contributed by atoms with Crippen LogP contribution in [0.3, 0.4) is 0 Å². The summed E-state index contributed by atoms with van der Waals surface area (Å²) in [5, 5.41) is 5.13. The molecule has 2 N–H and O–H groups in total. The minimum atomic E-state index is -0.638. The molecule has 1 aromatic heterocycles. The second-order valence-electron chi connectivity index (χ2n) is 6.36. The van der Waals surface area contributed by atoms with Crippen LogP contribution in [0.4, 0.5) is 10.1 Å². The monoisotopic (exact) mass is 372 g/mol. The highest BCUT2D eigenvalue weighted by molar-refractivity contribution is 5.93. The van der Waals surface area contributed by atoms with Crippen molar-refractivity contribution in [3.63, 3.8) is 0 Å². The van der Waals surface area contributed by atoms with Crippen LogP contribution in [0.25, 0.3) is 5.69 Å². The van der Waals surface area contributed by atoms with Crippen LogP contribution in [0.5, 0.6) is 0 Å². The van der Waals surface area contributed by atoms with Gasteiger partial charge < -0.3 is 10.6 Å². The Kier molecular flexibility index (Phi) is 5.66. The smallest absolute Gasteiger partial charge is 0.255 e. The summed E-state index contributed by atoms with van der Waals surface area (Å²) in [7, 11) is 1.56. The fourth-order valence-electron chi connectivity index (χ4n) is 3.25. The van der Waals surface area contributed by atoms with E-state index >= 15 is 0 Å². The molecule has 0 spiro atoms. The normalized spacial score (nSPS) is 16.9. The second-order valence-corrected chi connectivity index (χ2v) is 6.36. The van der Waals surface area contributed by atoms with Gasteiger partial charge in [-0.05, 0) is 37.6 Å². The molecule has 1 atom stereocenters. The highest BCUT2D eigenvalue weighted by atomic mass is 19.1. The third-order valence-electron chi connectivity index (χ3n) is 4.59. The molecule has 2 amide bonds. The summed E-state index contributed by atoms with van der Waals surface area (Å²) >= 11 is 0. The van der Waals surface area contributed by atoms with Crippen molar-refractivity contribution in [2.24, 2.45) is 0 Å². The SMILES string of the molecule is CNC(=O)C1CCCN1CC(=O)Nc1ccc(-n2ccccc2=O)cc1F. The van der Waals surface area contributed by atoms with Crippen LogP contribution in [-0.4, -0.2) is 47.5 Å². The number of nitrogens with zero attached hydrogens (tertiary/aromatic N) is 2. The van der Waals surface area contributed by atoms with Crippen molar-refractivity contribution in [1.29, 1.82) is 0 Å². The van der Waals surface area contributed by atoms with Crippen LogP contribution in [0.2, 0.25) is 0 Å². The number of hydrogen-bond acceptors (Lipinski definition) is 4. The molecule has 7 nitrogen and oxygen atoms in total. The molecule has 3 rings (SSSR count). The number of likely N-dealkylation sites (tertiary alicyclic amines) is 1. The minimum Gasteiger partial charge on any atom is -0.358 e. The summed E-state index contributed by atoms with van der Waals surface area (Å²) in [6, 6.07) is 8.50. The molecule has 0 aliphatic carbocycles. The Labute approximate surface area is 155 Å². The van der Waals surface area contributed by atoms with Gasteiger partial charge in [0.1, 0.15) is 5.82 Å². The fraction of sp³-hybridized carbons (Fsp3) is 0.316. The van der Waals surface area contributed by atoms with Crippen molar-refractivity contribution in [3.8, 4) is 5.69 Å². The molecule has 1 unspecified atom stereocenters. The van der Waals surface area contributed by atoms with Crippen LogP contribution in [0.15, 0.2) is 47.4 Å². The lowest BCUT2D eigenvalue weighted by Gasteiger charge is -2.22. The summed E-state index contributed by atoms with van der Waals surface area (Å²) in [4.78, 5) is 37.7. The number of nitrogens with one attached hydrogen (secondary N) is 2. The van der Waals surface area contributed by atoms with Crippen LogP contribution in [0.1, 0.15) is 12.8 Å². The highest BCUT2D eigenvalue weighted by Gasteiger charge is 2.31. The molecule has 142 valence electrons. The molecule has 0 saturated carbocycles. The van der Waals surface area contributed by atoms with Crippen molar-refractivity contribution in [2.45, 2.75) is 18.9 Å². The number of aromatic nitrogens is 1. The molecule has 1 fully saturated rings. The van der Waals surface area contributed by atoms with Gasteiger partial charge in [0.05, 0.1) is 24.0 Å². The maximum absolute atomic E-state index is 14.4. The number of rotatable bonds is 5. The zero-order chi connectivity index (χ0) is 19.4. The first kappa shape index (κ1) is 18.8. The molecule has 1 aromatic carbocycles. The molecule has 0 bridgehead atoms. The second kappa shape index (κ2) is 8.13. The lowest BCUT2D eigenvalue weighted by molar-refractivity contribution is -0.126. The van der Waals surface area contributed by atoms with E-state index < -0.39 is 11.7 Å². The number of pyridine rings is 1. The number of likely N-dealkylation sites (N-methyl/N-ethyl adjacent to an activating group) is 1. The molecule has 1 saturated heterocycles. The lowest BCUT2D eigenvalue weighted by Crippen LogP contribution is -2.45. The van der Waals surface area contributed by atoms with Crippen LogP contribution < -0.4 is 16.2 Å². The highest BCUT2D eigenvalue weighted by Crippen LogP contribution is 2.19. The third-order valence-corrected chi connectivity index (χ3v) is 4.59. The zero-order valence-corrected chi connectivity index (χ0v) is 14.9. The number of benzene rings is 1. The van der Waals surface area contributed by atoms with Crippen molar-refractivity contribution >= 4 is 17.5 Å². The summed E-state index contributed by atoms with van der Waals surface area (Å²) in [6.07, 6.45) is 3.07. The molecule has 0 radical (unpaired) electrons. The summed E-state index contributed by atoms with van der Waals surface area (Å²) in [5.41, 5.74) is 0.127. The Morgan fingerprint density at radius 1 is 1.26 bits per heavy atom. The molecule has 8 heteroatoms. The molecular formula is C19H21FN4O3. The largest absolute Gasteiger partial charge is 0.358 e. The molecular weight excluding hydrogens is 351 g/mol. The predicted molar refractivity (Wildman–Crippen MR) is 99.3 cm³/mol. The van der Waals surface area contributed by atoms with Gasteiger partial charge in [0.2, 0.25) is 11.8 Å². The van der Waals surface area contributed by atoms with Crippen LogP contribution in [0, 0.1) is 5.82 Å². The first-order valence-electron chi connectivity index (χ1n) is 8.72. The van der Waals surface area contributed by atoms with Gasteiger partial charge in [-0.25, -0.2) is 4.39 Å². The van der Waals surface area contributed by atoms with Gasteiger partial charge in [-0.3, -0.25) is 23.9 Å². The summed E-state index contributed by atoms with van der Waals surface area (Å²) < 4.78 is 15.7. The van der Waals surface area contributed by atoms with Gasteiger partial charge in [0.15, 0.2) is 0 Å². The number of halogens is 1. The van der Waals surface area contributed by atoms with E-state index in [1.165, 1.54) is 22.8 Å². The van der Waals surface area contributed by atoms with Gasteiger partial charge in [-0.2, -0.15) is 0 Å². The summed E-state index contributed by atoms with van der Waals surface area (Å²) in [5.74, 6) is -1.15. The molecule has 27 heavy (non-hydrogen) atoms. The van der Waals surface area contributed by atoms with Gasteiger partial charge in [-0.15, -0.1) is 0 Å². The average molecular weight is 372 g/mol. The number of anilines is 1. The molecule has 1 aliphatic heterocycles. The molecule has 2 heterocycles. The first-order valence-corrected chi connectivity index (χ1v) is 8.72. The average Bonchev–Trinajstić information content (AvgIpc) is 3.11. The van der Waals surface area contributed by atoms with E-state index in [0.717, 1.165) is 6.42 Å². The quantitative estimate of drug-likeness (QED) is 0.824. The Bertz CT molecular complexity index is 912. The van der Waals surface area contributed by atoms with Crippen LogP contribution in [-0.2, 0) is 9.59 Å². The number of amides is 2. The number of carbonyl (C=O) groups excluding carboxylic acids is 2. The van der Waals surface area contributed by atoms with Gasteiger partial charge in [0, 0.05) is 25.4 Å². The van der Waals surface area contributed by atoms with Crippen molar-refractivity contribution in [2.75, 3.05) is 25.5 Å². The number of carbonyl (C=O) groups is 2. The van der Waals surface area contributed by atoms with Crippen LogP contribution >= 0.6 is 0 Å². The maximum atomic E-state index is 14.4. The van der Waals surface area contributed by atoms with Gasteiger partial charge in [-0.1, -0.05) is 6.07 Å². The predicted octanol–water partition coefficient (Wildman–Crippen LogP) is 1.13. The van der Waals surface area contributed by atoms with Crippen molar-refractivity contribution in [3.05, 3.63) is 58.8 Å². The van der Waals surface area contributed by atoms with E-state index in [2.05, 4.69) is 10.6 Å². The Morgan fingerprint density at radius 3 is 2.78 bits per heavy atom. The van der Waals surface area contributed by atoms with E-state index in [1.807, 2.05) is 0 Å². The van der Waals surface area contributed by atoms with E-state index in [0.29, 0.717) is 18.7 Å². The minimum absolute atomic E-state index is 0.0113. The molecule has 2 aromatic rings. The zero-order valence-electron chi connectivity index (χ0n) is 14.9. The third kappa shape index (κ3) is 4.22. The first-order chi connectivity index (χ1) is 13.0. The Hall–Kier alpha value is -3.00. The van der Waals surface area contributed by atoms with Gasteiger partial charge in [0.25, 0.3) is 5.56 Å². The Balaban J connectivity index is 1.69. The molecule has 1 aliphatic rings. The van der Waals surface area contributed by atoms with Gasteiger partial charge >= 0.3 is 0 Å². The maximum Gasteiger partial charge on any atom is 0.255 e. The topological polar surface area (TPSA) is 83.4 Å².